The minimum Gasteiger partial charge on any atom is -0.462 e. The summed E-state index contributed by atoms with van der Waals surface area (Å²) in [7, 11) is 0. The zero-order valence-electron chi connectivity index (χ0n) is 28.4. The lowest BCUT2D eigenvalue weighted by atomic mass is 10.1. The van der Waals surface area contributed by atoms with Gasteiger partial charge in [0.1, 0.15) is 36.4 Å². The van der Waals surface area contributed by atoms with Crippen molar-refractivity contribution in [1.82, 2.24) is 19.9 Å². The Labute approximate surface area is 304 Å². The van der Waals surface area contributed by atoms with Crippen LogP contribution in [0.15, 0.2) is 72.9 Å². The first-order chi connectivity index (χ1) is 24.2. The number of fused-ring (bicyclic) bond motifs is 1. The first kappa shape index (κ1) is 38.1. The summed E-state index contributed by atoms with van der Waals surface area (Å²) in [5.41, 5.74) is 0.947. The number of hydrogen-bond donors (Lipinski definition) is 2. The number of nitrogens with one attached hydrogen (secondary N) is 2. The van der Waals surface area contributed by atoms with Crippen LogP contribution in [0.4, 0.5) is 8.78 Å². The van der Waals surface area contributed by atoms with E-state index in [2.05, 4.69) is 10.4 Å². The lowest BCUT2D eigenvalue weighted by Crippen LogP contribution is -2.46. The molecule has 1 saturated heterocycles. The van der Waals surface area contributed by atoms with Crippen LogP contribution >= 0.6 is 18.0 Å². The van der Waals surface area contributed by atoms with Gasteiger partial charge in [-0.1, -0.05) is 48.0 Å². The Hall–Kier alpha value is -4.16. The molecule has 0 bridgehead atoms. The number of ether oxygens (including phenoxy) is 1. The molecule has 1 unspecified atom stereocenters. The first-order valence-corrected chi connectivity index (χ1v) is 19.4. The van der Waals surface area contributed by atoms with Crippen LogP contribution in [0.3, 0.4) is 0 Å². The number of para-hydroxylation sites is 1. The lowest BCUT2D eigenvalue weighted by Gasteiger charge is -2.28. The summed E-state index contributed by atoms with van der Waals surface area (Å²) in [6.45, 7) is 5.66. The maximum Gasteiger partial charge on any atom is 0.323 e. The summed E-state index contributed by atoms with van der Waals surface area (Å²) < 4.78 is 42.5. The number of carbonyl (C=O) groups excluding carboxylic acids is 4. The molecule has 2 amide bonds. The van der Waals surface area contributed by atoms with Crippen LogP contribution in [0, 0.1) is 5.82 Å². The molecule has 0 aliphatic carbocycles. The maximum atomic E-state index is 14.8. The van der Waals surface area contributed by atoms with Gasteiger partial charge >= 0.3 is 5.97 Å². The average molecular weight is 759 g/mol. The standard InChI is InChI=1S/C36H38ClF2N4O6PS/c1-21(2)48-36(47)22(3)41-50(51,49-26-10-6-5-7-11-26)27-13-14-28-29(23(4)44)19-42(31(28)16-27)20-33(45)43-18-25(38)15-32(43)35(46)40-17-24-9-8-12-30(37)34(24)39/h5-14,16,19,21-22,25,32H,15,17-18,20H2,1-4H3,(H,40,46)(H,41,51)/t22-,25+,32-,50?/m0/s1. The number of esters is 1. The van der Waals surface area contributed by atoms with E-state index in [1.165, 1.54) is 25.3 Å². The zero-order chi connectivity index (χ0) is 37.0. The third kappa shape index (κ3) is 8.84. The number of nitrogens with zero attached hydrogens (tertiary/aromatic N) is 2. The highest BCUT2D eigenvalue weighted by atomic mass is 35.5. The third-order valence-corrected chi connectivity index (χ3v) is 11.9. The second-order valence-corrected chi connectivity index (χ2v) is 16.6. The number of aromatic nitrogens is 1. The van der Waals surface area contributed by atoms with Crippen LogP contribution in [-0.4, -0.2) is 63.9 Å². The van der Waals surface area contributed by atoms with Crippen LogP contribution in [0.2, 0.25) is 5.02 Å². The van der Waals surface area contributed by atoms with Crippen molar-refractivity contribution >= 4 is 69.6 Å². The highest BCUT2D eigenvalue weighted by Gasteiger charge is 2.40. The van der Waals surface area contributed by atoms with Crippen LogP contribution in [0.5, 0.6) is 5.75 Å². The van der Waals surface area contributed by atoms with Crippen LogP contribution in [0.25, 0.3) is 10.9 Å². The Morgan fingerprint density at radius 2 is 1.78 bits per heavy atom. The molecule has 270 valence electrons. The van der Waals surface area contributed by atoms with Crippen LogP contribution in [0.1, 0.15) is 50.0 Å². The minimum absolute atomic E-state index is 0.101. The predicted octanol–water partition coefficient (Wildman–Crippen LogP) is 5.84. The van der Waals surface area contributed by atoms with E-state index >= 15 is 0 Å². The van der Waals surface area contributed by atoms with Crippen molar-refractivity contribution in [3.63, 3.8) is 0 Å². The number of Topliss-reactive ketones (excluding diaryl/α,β-unsaturated/α-hetero) is 1. The van der Waals surface area contributed by atoms with Gasteiger partial charge in [0.25, 0.3) is 0 Å². The van der Waals surface area contributed by atoms with Crippen molar-refractivity contribution < 1.29 is 37.2 Å². The Balaban J connectivity index is 1.45. The second-order valence-electron chi connectivity index (χ2n) is 12.5. The smallest absolute Gasteiger partial charge is 0.323 e. The van der Waals surface area contributed by atoms with Crippen molar-refractivity contribution in [3.8, 4) is 5.75 Å². The number of hydrogen-bond acceptors (Lipinski definition) is 7. The highest BCUT2D eigenvalue weighted by molar-refractivity contribution is 8.15. The number of halogens is 3. The van der Waals surface area contributed by atoms with Gasteiger partial charge in [-0.15, -0.1) is 0 Å². The molecule has 1 aromatic heterocycles. The molecule has 4 aromatic rings. The van der Waals surface area contributed by atoms with Crippen molar-refractivity contribution in [3.05, 3.63) is 94.9 Å². The summed E-state index contributed by atoms with van der Waals surface area (Å²) in [6, 6.07) is 16.4. The fourth-order valence-corrected chi connectivity index (χ4v) is 9.00. The highest BCUT2D eigenvalue weighted by Crippen LogP contribution is 2.44. The Morgan fingerprint density at radius 3 is 2.47 bits per heavy atom. The summed E-state index contributed by atoms with van der Waals surface area (Å²) in [5, 5.41) is 6.70. The molecule has 0 radical (unpaired) electrons. The van der Waals surface area contributed by atoms with Crippen LogP contribution < -0.4 is 20.2 Å². The van der Waals surface area contributed by atoms with Gasteiger partial charge in [0, 0.05) is 41.0 Å². The van der Waals surface area contributed by atoms with E-state index in [0.717, 1.165) is 4.90 Å². The van der Waals surface area contributed by atoms with E-state index in [9.17, 15) is 28.0 Å². The number of rotatable bonds is 13. The largest absolute Gasteiger partial charge is 0.462 e. The van der Waals surface area contributed by atoms with Gasteiger partial charge < -0.3 is 24.0 Å². The summed E-state index contributed by atoms with van der Waals surface area (Å²) in [6.07, 6.45) is -3.76. The topological polar surface area (TPSA) is 119 Å². The van der Waals surface area contributed by atoms with E-state index in [1.54, 1.807) is 73.9 Å². The number of benzene rings is 3. The van der Waals surface area contributed by atoms with Crippen molar-refractivity contribution in [2.45, 2.75) is 71.6 Å². The lowest BCUT2D eigenvalue weighted by molar-refractivity contribution is -0.149. The van der Waals surface area contributed by atoms with Crippen molar-refractivity contribution in [2.75, 3.05) is 6.54 Å². The number of amides is 2. The molecule has 2 heterocycles. The van der Waals surface area contributed by atoms with E-state index in [4.69, 9.17) is 32.7 Å². The maximum absolute atomic E-state index is 14.8. The molecule has 3 aromatic carbocycles. The molecule has 10 nitrogen and oxygen atoms in total. The summed E-state index contributed by atoms with van der Waals surface area (Å²) >= 11 is 12.0. The van der Waals surface area contributed by atoms with E-state index in [0.29, 0.717) is 27.5 Å². The second kappa shape index (κ2) is 16.0. The third-order valence-electron chi connectivity index (χ3n) is 8.29. The SMILES string of the molecule is CC(=O)c1cn(CC(=O)N2C[C@H](F)C[C@H]2C(=O)NCc2cccc(Cl)c2F)c2cc(P(=S)(N[C@@H](C)C(=O)OC(C)C)Oc3ccccc3)ccc12. The van der Waals surface area contributed by atoms with Gasteiger partial charge in [-0.25, -0.2) is 13.9 Å². The van der Waals surface area contributed by atoms with Gasteiger partial charge in [0.2, 0.25) is 18.2 Å². The van der Waals surface area contributed by atoms with Gasteiger partial charge in [0.15, 0.2) is 5.78 Å². The van der Waals surface area contributed by atoms with Crippen LogP contribution in [-0.2, 0) is 44.0 Å². The minimum atomic E-state index is -3.26. The van der Waals surface area contributed by atoms with Crippen molar-refractivity contribution in [1.29, 1.82) is 0 Å². The van der Waals surface area contributed by atoms with E-state index in [1.807, 2.05) is 6.07 Å². The van der Waals surface area contributed by atoms with E-state index < -0.39 is 48.3 Å². The molecule has 5 rings (SSSR count). The number of alkyl halides is 1. The summed E-state index contributed by atoms with van der Waals surface area (Å²) in [4.78, 5) is 53.7. The van der Waals surface area contributed by atoms with Crippen molar-refractivity contribution in [2.24, 2.45) is 0 Å². The molecule has 1 aliphatic rings. The normalized spacial score (nSPS) is 17.6. The molecule has 0 saturated carbocycles. The molecule has 4 atom stereocenters. The number of carbonyl (C=O) groups is 4. The molecular formula is C36H38ClF2N4O6PS. The average Bonchev–Trinajstić information content (AvgIpc) is 3.65. The molecule has 1 aliphatic heterocycles. The molecule has 51 heavy (non-hydrogen) atoms. The molecule has 0 spiro atoms. The first-order valence-electron chi connectivity index (χ1n) is 16.3. The Kier molecular flexibility index (Phi) is 12.0. The molecule has 15 heteroatoms. The van der Waals surface area contributed by atoms with Gasteiger partial charge in [-0.3, -0.25) is 19.2 Å². The van der Waals surface area contributed by atoms with Gasteiger partial charge in [-0.2, -0.15) is 0 Å². The Morgan fingerprint density at radius 1 is 1.06 bits per heavy atom. The summed E-state index contributed by atoms with van der Waals surface area (Å²) in [5.74, 6) is -2.19. The molecular weight excluding hydrogens is 721 g/mol. The quantitative estimate of drug-likeness (QED) is 0.0994. The monoisotopic (exact) mass is 758 g/mol. The predicted molar refractivity (Wildman–Crippen MR) is 195 cm³/mol. The zero-order valence-corrected chi connectivity index (χ0v) is 30.9. The fraction of sp³-hybridized carbons (Fsp3) is 0.333. The van der Waals surface area contributed by atoms with E-state index in [-0.39, 0.29) is 48.5 Å². The number of ketones is 1. The van der Waals surface area contributed by atoms with Gasteiger partial charge in [-0.05, 0) is 69.8 Å². The fourth-order valence-electron chi connectivity index (χ4n) is 5.83. The molecule has 1 fully saturated rings. The molecule has 2 N–H and O–H groups in total. The Bertz CT molecular complexity index is 2010. The number of likely N-dealkylation sites (tertiary alicyclic amines) is 1. The van der Waals surface area contributed by atoms with Gasteiger partial charge in [0.05, 0.1) is 23.2 Å².